The minimum Gasteiger partial charge on any atom is -0.444 e. The van der Waals surface area contributed by atoms with Crippen molar-refractivity contribution in [2.75, 3.05) is 0 Å². The topological polar surface area (TPSA) is 203 Å². The first-order valence-electron chi connectivity index (χ1n) is 16.8. The third kappa shape index (κ3) is 12.0. The van der Waals surface area contributed by atoms with Gasteiger partial charge in [-0.3, -0.25) is 14.4 Å². The Hall–Kier alpha value is -5.24. The number of ether oxygens (including phenoxy) is 1. The Bertz CT molecular complexity index is 1670. The lowest BCUT2D eigenvalue weighted by Gasteiger charge is -2.29. The van der Waals surface area contributed by atoms with E-state index in [1.54, 1.807) is 27.0 Å². The molecule has 2 aromatic heterocycles. The molecule has 2 heterocycles. The summed E-state index contributed by atoms with van der Waals surface area (Å²) in [6.45, 7) is 9.17. The minimum atomic E-state index is -1.22. The number of para-hydroxylation sites is 2. The van der Waals surface area contributed by atoms with Gasteiger partial charge < -0.3 is 41.1 Å². The zero-order chi connectivity index (χ0) is 36.3. The molecule has 0 radical (unpaired) electrons. The number of carbonyl (C=O) groups excluding carboxylic acids is 4. The number of fused-ring (bicyclic) bond motifs is 1. The lowest BCUT2D eigenvalue weighted by atomic mass is 9.96. The first kappa shape index (κ1) is 37.6. The molecule has 50 heavy (non-hydrogen) atoms. The van der Waals surface area contributed by atoms with Gasteiger partial charge in [-0.25, -0.2) is 14.8 Å². The summed E-state index contributed by atoms with van der Waals surface area (Å²) in [5.74, 6) is -0.976. The Labute approximate surface area is 291 Å². The smallest absolute Gasteiger partial charge is 0.408 e. The molecule has 0 spiro atoms. The predicted molar refractivity (Wildman–Crippen MR) is 187 cm³/mol. The molecule has 0 aliphatic carbocycles. The standard InChI is InChI=1S/C36H48N8O6/c1-22(2)15-27(30(45)18-32(46)38-20-31-40-25-13-9-10-14-26(25)41-31)42-34(48)29(17-24-19-37-21-39-24)43-33(47)28(16-23-11-7-6-8-12-23)44-35(49)50-36(3,4)5/h6-14,19,21-22,27-30,45H,15-18,20H2,1-5H3,(H,37,39)(H,38,46)(H,40,41)(H,42,48)(H,43,47)(H,44,49)/t27-,28-,29-,30-/m0/s1. The zero-order valence-electron chi connectivity index (χ0n) is 29.2. The first-order chi connectivity index (χ1) is 23.8. The molecule has 2 aromatic carbocycles. The molecule has 0 aliphatic rings. The molecule has 268 valence electrons. The molecule has 0 saturated heterocycles. The van der Waals surface area contributed by atoms with Crippen molar-refractivity contribution in [1.29, 1.82) is 0 Å². The number of aromatic nitrogens is 4. The van der Waals surface area contributed by atoms with Gasteiger partial charge in [-0.15, -0.1) is 0 Å². The highest BCUT2D eigenvalue weighted by atomic mass is 16.6. The van der Waals surface area contributed by atoms with E-state index < -0.39 is 53.6 Å². The van der Waals surface area contributed by atoms with Crippen LogP contribution in [0, 0.1) is 5.92 Å². The normalized spacial score (nSPS) is 14.0. The second-order valence-electron chi connectivity index (χ2n) is 13.7. The number of benzene rings is 2. The van der Waals surface area contributed by atoms with E-state index in [-0.39, 0.29) is 31.7 Å². The lowest BCUT2D eigenvalue weighted by Crippen LogP contribution is -2.57. The monoisotopic (exact) mass is 688 g/mol. The molecule has 4 amide bonds. The van der Waals surface area contributed by atoms with Crippen molar-refractivity contribution in [3.05, 3.63) is 84.2 Å². The van der Waals surface area contributed by atoms with Crippen molar-refractivity contribution in [2.24, 2.45) is 5.92 Å². The number of imidazole rings is 2. The highest BCUT2D eigenvalue weighted by molar-refractivity contribution is 5.92. The highest BCUT2D eigenvalue weighted by Crippen LogP contribution is 2.14. The van der Waals surface area contributed by atoms with Gasteiger partial charge >= 0.3 is 6.09 Å². The first-order valence-corrected chi connectivity index (χ1v) is 16.8. The number of carbonyl (C=O) groups is 4. The van der Waals surface area contributed by atoms with Crippen LogP contribution in [0.15, 0.2) is 67.1 Å². The third-order valence-electron chi connectivity index (χ3n) is 7.69. The third-order valence-corrected chi connectivity index (χ3v) is 7.69. The van der Waals surface area contributed by atoms with E-state index in [0.29, 0.717) is 17.9 Å². The fourth-order valence-corrected chi connectivity index (χ4v) is 5.38. The van der Waals surface area contributed by atoms with Gasteiger partial charge in [0.05, 0.1) is 48.2 Å². The lowest BCUT2D eigenvalue weighted by molar-refractivity contribution is -0.131. The number of nitrogens with one attached hydrogen (secondary N) is 6. The van der Waals surface area contributed by atoms with Crippen molar-refractivity contribution in [3.8, 4) is 0 Å². The van der Waals surface area contributed by atoms with E-state index in [2.05, 4.69) is 41.2 Å². The molecule has 0 bridgehead atoms. The summed E-state index contributed by atoms with van der Waals surface area (Å²) in [7, 11) is 0. The minimum absolute atomic E-state index is 0.0219. The number of hydrogen-bond acceptors (Lipinski definition) is 8. The van der Waals surface area contributed by atoms with Crippen LogP contribution in [-0.2, 0) is 38.5 Å². The average Bonchev–Trinajstić information content (AvgIpc) is 3.72. The highest BCUT2D eigenvalue weighted by Gasteiger charge is 2.32. The molecule has 4 atom stereocenters. The summed E-state index contributed by atoms with van der Waals surface area (Å²) in [5, 5.41) is 22.3. The molecule has 14 heteroatoms. The quantitative estimate of drug-likeness (QED) is 0.0930. The van der Waals surface area contributed by atoms with Crippen LogP contribution >= 0.6 is 0 Å². The summed E-state index contributed by atoms with van der Waals surface area (Å²) in [4.78, 5) is 67.9. The molecular formula is C36H48N8O6. The van der Waals surface area contributed by atoms with Gasteiger partial charge in [0.2, 0.25) is 17.7 Å². The van der Waals surface area contributed by atoms with Gasteiger partial charge in [0.15, 0.2) is 0 Å². The molecule has 0 unspecified atom stereocenters. The van der Waals surface area contributed by atoms with Crippen molar-refractivity contribution >= 4 is 34.8 Å². The molecule has 0 fully saturated rings. The van der Waals surface area contributed by atoms with E-state index in [1.807, 2.05) is 68.4 Å². The van der Waals surface area contributed by atoms with Crippen molar-refractivity contribution in [1.82, 2.24) is 41.2 Å². The maximum absolute atomic E-state index is 13.9. The van der Waals surface area contributed by atoms with Gasteiger partial charge in [-0.1, -0.05) is 56.3 Å². The summed E-state index contributed by atoms with van der Waals surface area (Å²) >= 11 is 0. The van der Waals surface area contributed by atoms with Gasteiger partial charge in [0.1, 0.15) is 23.5 Å². The molecule has 14 nitrogen and oxygen atoms in total. The van der Waals surface area contributed by atoms with Crippen LogP contribution in [0.2, 0.25) is 0 Å². The van der Waals surface area contributed by atoms with Crippen LogP contribution in [0.5, 0.6) is 0 Å². The van der Waals surface area contributed by atoms with E-state index in [4.69, 9.17) is 4.74 Å². The second-order valence-corrected chi connectivity index (χ2v) is 13.7. The Morgan fingerprint density at radius 2 is 1.58 bits per heavy atom. The van der Waals surface area contributed by atoms with Gasteiger partial charge in [0.25, 0.3) is 0 Å². The van der Waals surface area contributed by atoms with E-state index in [0.717, 1.165) is 16.6 Å². The van der Waals surface area contributed by atoms with Gasteiger partial charge in [0, 0.05) is 19.0 Å². The molecule has 4 aromatic rings. The fourth-order valence-electron chi connectivity index (χ4n) is 5.38. The number of aromatic amines is 2. The van der Waals surface area contributed by atoms with Gasteiger partial charge in [-0.2, -0.15) is 0 Å². The van der Waals surface area contributed by atoms with Crippen LogP contribution in [0.1, 0.15) is 64.5 Å². The molecule has 0 aliphatic heterocycles. The van der Waals surface area contributed by atoms with Crippen LogP contribution in [-0.4, -0.2) is 78.7 Å². The number of H-pyrrole nitrogens is 2. The number of amides is 4. The summed E-state index contributed by atoms with van der Waals surface area (Å²) < 4.78 is 5.41. The Morgan fingerprint density at radius 3 is 2.24 bits per heavy atom. The number of rotatable bonds is 16. The zero-order valence-corrected chi connectivity index (χ0v) is 29.2. The van der Waals surface area contributed by atoms with E-state index >= 15 is 0 Å². The average molecular weight is 689 g/mol. The van der Waals surface area contributed by atoms with Crippen LogP contribution in [0.4, 0.5) is 4.79 Å². The van der Waals surface area contributed by atoms with Crippen molar-refractivity contribution in [2.45, 2.75) is 96.7 Å². The number of aliphatic hydroxyl groups is 1. The number of aliphatic hydroxyl groups excluding tert-OH is 1. The summed E-state index contributed by atoms with van der Waals surface area (Å²) in [6.07, 6.45) is 1.33. The van der Waals surface area contributed by atoms with Crippen molar-refractivity contribution < 1.29 is 29.0 Å². The van der Waals surface area contributed by atoms with Crippen LogP contribution in [0.25, 0.3) is 11.0 Å². The molecular weight excluding hydrogens is 640 g/mol. The van der Waals surface area contributed by atoms with Crippen LogP contribution in [0.3, 0.4) is 0 Å². The van der Waals surface area contributed by atoms with Crippen molar-refractivity contribution in [3.63, 3.8) is 0 Å². The Kier molecular flexibility index (Phi) is 13.1. The predicted octanol–water partition coefficient (Wildman–Crippen LogP) is 3.05. The van der Waals surface area contributed by atoms with E-state index in [1.165, 1.54) is 6.33 Å². The molecule has 7 N–H and O–H groups in total. The SMILES string of the molecule is CC(C)C[C@H](NC(=O)[C@H](Cc1c[nH]cn1)NC(=O)[C@H](Cc1ccccc1)NC(=O)OC(C)(C)C)[C@@H](O)CC(=O)NCc1nc2ccccc2[nH]1. The van der Waals surface area contributed by atoms with Crippen LogP contribution < -0.4 is 21.3 Å². The summed E-state index contributed by atoms with van der Waals surface area (Å²) in [6, 6.07) is 13.7. The fraction of sp³-hybridized carbons (Fsp3) is 0.444. The maximum Gasteiger partial charge on any atom is 0.408 e. The number of alkyl carbamates (subject to hydrolysis) is 1. The number of hydrogen-bond donors (Lipinski definition) is 7. The maximum atomic E-state index is 13.9. The number of nitrogens with zero attached hydrogens (tertiary/aromatic N) is 2. The van der Waals surface area contributed by atoms with Gasteiger partial charge in [-0.05, 0) is 50.8 Å². The Morgan fingerprint density at radius 1 is 0.900 bits per heavy atom. The largest absolute Gasteiger partial charge is 0.444 e. The molecule has 4 rings (SSSR count). The second kappa shape index (κ2) is 17.4. The Balaban J connectivity index is 1.45. The van der Waals surface area contributed by atoms with E-state index in [9.17, 15) is 24.3 Å². The summed E-state index contributed by atoms with van der Waals surface area (Å²) in [5.41, 5.74) is 2.13. The molecule has 0 saturated carbocycles.